The van der Waals surface area contributed by atoms with Gasteiger partial charge in [0.05, 0.1) is 5.56 Å². The highest BCUT2D eigenvalue weighted by Gasteiger charge is 2.32. The molecule has 2 N–H and O–H groups in total. The van der Waals surface area contributed by atoms with Gasteiger partial charge in [0.2, 0.25) is 5.91 Å². The lowest BCUT2D eigenvalue weighted by atomic mass is 9.77. The van der Waals surface area contributed by atoms with Gasteiger partial charge in [-0.15, -0.1) is 0 Å². The fourth-order valence-corrected chi connectivity index (χ4v) is 5.26. The summed E-state index contributed by atoms with van der Waals surface area (Å²) in [6, 6.07) is 12.6. The van der Waals surface area contributed by atoms with Gasteiger partial charge in [-0.3, -0.25) is 4.79 Å². The Morgan fingerprint density at radius 3 is 2.49 bits per heavy atom. The molecule has 0 saturated carbocycles. The fraction of sp³-hybridized carbons (Fsp3) is 0.321. The number of carbonyl (C=O) groups excluding carboxylic acids is 1. The van der Waals surface area contributed by atoms with E-state index in [1.807, 2.05) is 0 Å². The molecule has 0 bridgehead atoms. The zero-order chi connectivity index (χ0) is 26.7. The summed E-state index contributed by atoms with van der Waals surface area (Å²) in [5.74, 6) is -2.29. The third-order valence-corrected chi connectivity index (χ3v) is 7.10. The zero-order valence-corrected chi connectivity index (χ0v) is 20.8. The normalized spacial score (nSPS) is 18.0. The minimum absolute atomic E-state index is 0.110. The highest BCUT2D eigenvalue weighted by Crippen LogP contribution is 2.42. The monoisotopic (exact) mass is 536 g/mol. The van der Waals surface area contributed by atoms with Crippen molar-refractivity contribution >= 4 is 17.5 Å². The van der Waals surface area contributed by atoms with Crippen LogP contribution in [0.3, 0.4) is 0 Å². The first kappa shape index (κ1) is 27.1. The van der Waals surface area contributed by atoms with Crippen LogP contribution in [0.5, 0.6) is 0 Å². The van der Waals surface area contributed by atoms with Crippen LogP contribution in [0.4, 0.5) is 22.0 Å². The van der Waals surface area contributed by atoms with E-state index in [0.717, 1.165) is 23.8 Å². The molecule has 9 heteroatoms. The first-order valence-corrected chi connectivity index (χ1v) is 12.3. The van der Waals surface area contributed by atoms with Crippen LogP contribution in [-0.4, -0.2) is 25.5 Å². The Labute approximate surface area is 217 Å². The summed E-state index contributed by atoms with van der Waals surface area (Å²) in [6.45, 7) is 2.93. The van der Waals surface area contributed by atoms with Gasteiger partial charge in [0.15, 0.2) is 11.6 Å². The van der Waals surface area contributed by atoms with Crippen molar-refractivity contribution in [1.29, 1.82) is 0 Å². The molecule has 1 amide bonds. The summed E-state index contributed by atoms with van der Waals surface area (Å²) in [7, 11) is 0. The number of benzene rings is 3. The van der Waals surface area contributed by atoms with Crippen molar-refractivity contribution in [1.82, 2.24) is 10.6 Å². The van der Waals surface area contributed by atoms with Crippen LogP contribution in [0.15, 0.2) is 54.6 Å². The molecule has 3 aromatic carbocycles. The smallest absolute Gasteiger partial charge is 0.356 e. The summed E-state index contributed by atoms with van der Waals surface area (Å²) in [6.07, 6.45) is -3.48. The average molecular weight is 537 g/mol. The average Bonchev–Trinajstić information content (AvgIpc) is 2.85. The lowest BCUT2D eigenvalue weighted by Crippen LogP contribution is -2.34. The Bertz CT molecular complexity index is 1290. The van der Waals surface area contributed by atoms with Crippen LogP contribution in [0.25, 0.3) is 11.1 Å². The maximum absolute atomic E-state index is 14.0. The molecule has 2 atom stereocenters. The molecule has 196 valence electrons. The predicted octanol–water partition coefficient (Wildman–Crippen LogP) is 6.84. The number of amides is 1. The van der Waals surface area contributed by atoms with Crippen molar-refractivity contribution in [3.05, 3.63) is 93.5 Å². The molecule has 3 nitrogen and oxygen atoms in total. The van der Waals surface area contributed by atoms with Crippen molar-refractivity contribution in [3.63, 3.8) is 0 Å². The van der Waals surface area contributed by atoms with Gasteiger partial charge in [0.25, 0.3) is 0 Å². The van der Waals surface area contributed by atoms with Gasteiger partial charge < -0.3 is 10.6 Å². The topological polar surface area (TPSA) is 41.1 Å². The van der Waals surface area contributed by atoms with Gasteiger partial charge in [-0.2, -0.15) is 13.2 Å². The van der Waals surface area contributed by atoms with Crippen molar-refractivity contribution in [2.24, 2.45) is 0 Å². The lowest BCUT2D eigenvalue weighted by Gasteiger charge is -2.33. The molecular weight excluding hydrogens is 511 g/mol. The standard InChI is InChI=1S/C28H26ClF5N2O/c1-16(37)36-11-8-17-2-5-20(28(32,33)34)14-23(17)18-3-6-22(25(29)12-18)24-15-35-10-9-21(24)19-4-7-26(30)27(31)13-19/h2-7,12-14,21,24,35H,8-11,15H2,1H3,(H,36,37)/t21-,24+/m1/s1. The maximum Gasteiger partial charge on any atom is 0.416 e. The van der Waals surface area contributed by atoms with Crippen molar-refractivity contribution in [3.8, 4) is 11.1 Å². The van der Waals surface area contributed by atoms with E-state index in [4.69, 9.17) is 11.6 Å². The molecule has 0 aliphatic carbocycles. The molecule has 0 aromatic heterocycles. The fourth-order valence-electron chi connectivity index (χ4n) is 4.94. The quantitative estimate of drug-likeness (QED) is 0.339. The van der Waals surface area contributed by atoms with Gasteiger partial charge in [0, 0.05) is 31.0 Å². The van der Waals surface area contributed by atoms with E-state index in [1.54, 1.807) is 24.3 Å². The Morgan fingerprint density at radius 2 is 1.81 bits per heavy atom. The Kier molecular flexibility index (Phi) is 8.19. The number of alkyl halides is 3. The predicted molar refractivity (Wildman–Crippen MR) is 134 cm³/mol. The second-order valence-electron chi connectivity index (χ2n) is 9.22. The van der Waals surface area contributed by atoms with E-state index >= 15 is 0 Å². The molecule has 3 aromatic rings. The van der Waals surface area contributed by atoms with Crippen LogP contribution < -0.4 is 10.6 Å². The van der Waals surface area contributed by atoms with E-state index < -0.39 is 23.4 Å². The number of halogens is 6. The highest BCUT2D eigenvalue weighted by molar-refractivity contribution is 6.31. The summed E-state index contributed by atoms with van der Waals surface area (Å²) in [4.78, 5) is 11.2. The maximum atomic E-state index is 14.0. The molecule has 1 fully saturated rings. The Hall–Kier alpha value is -2.97. The second-order valence-corrected chi connectivity index (χ2v) is 9.63. The minimum atomic E-state index is -4.51. The Morgan fingerprint density at radius 1 is 1.03 bits per heavy atom. The number of hydrogen-bond donors (Lipinski definition) is 2. The molecule has 0 spiro atoms. The molecule has 0 unspecified atom stereocenters. The number of nitrogens with one attached hydrogen (secondary N) is 2. The van der Waals surface area contributed by atoms with E-state index in [2.05, 4.69) is 10.6 Å². The number of hydrogen-bond acceptors (Lipinski definition) is 2. The van der Waals surface area contributed by atoms with Gasteiger partial charge in [0.1, 0.15) is 0 Å². The van der Waals surface area contributed by atoms with Gasteiger partial charge >= 0.3 is 6.18 Å². The third kappa shape index (κ3) is 6.30. The molecule has 37 heavy (non-hydrogen) atoms. The van der Waals surface area contributed by atoms with E-state index in [0.29, 0.717) is 53.2 Å². The zero-order valence-electron chi connectivity index (χ0n) is 20.1. The van der Waals surface area contributed by atoms with Crippen LogP contribution in [0.2, 0.25) is 5.02 Å². The largest absolute Gasteiger partial charge is 0.416 e. The van der Waals surface area contributed by atoms with E-state index in [-0.39, 0.29) is 24.3 Å². The van der Waals surface area contributed by atoms with Crippen molar-refractivity contribution < 1.29 is 26.7 Å². The second kappa shape index (κ2) is 11.2. The molecule has 1 saturated heterocycles. The van der Waals surface area contributed by atoms with Crippen LogP contribution >= 0.6 is 11.6 Å². The first-order valence-electron chi connectivity index (χ1n) is 11.9. The number of rotatable bonds is 6. The summed E-state index contributed by atoms with van der Waals surface area (Å²) in [5.41, 5.74) is 2.21. The van der Waals surface area contributed by atoms with E-state index in [1.165, 1.54) is 19.1 Å². The molecule has 1 heterocycles. The Balaban J connectivity index is 1.70. The first-order chi connectivity index (χ1) is 17.5. The van der Waals surface area contributed by atoms with Crippen LogP contribution in [0.1, 0.15) is 47.4 Å². The number of carbonyl (C=O) groups is 1. The summed E-state index contributed by atoms with van der Waals surface area (Å²) in [5, 5.41) is 6.36. The molecule has 1 aliphatic rings. The minimum Gasteiger partial charge on any atom is -0.356 e. The van der Waals surface area contributed by atoms with Gasteiger partial charge in [-0.25, -0.2) is 8.78 Å². The van der Waals surface area contributed by atoms with Crippen LogP contribution in [-0.2, 0) is 17.4 Å². The molecular formula is C28H26ClF5N2O. The van der Waals surface area contributed by atoms with E-state index in [9.17, 15) is 26.7 Å². The lowest BCUT2D eigenvalue weighted by molar-refractivity contribution is -0.137. The number of piperidine rings is 1. The van der Waals surface area contributed by atoms with Crippen LogP contribution in [0, 0.1) is 11.6 Å². The van der Waals surface area contributed by atoms with Crippen molar-refractivity contribution in [2.75, 3.05) is 19.6 Å². The SMILES string of the molecule is CC(=O)NCCc1ccc(C(F)(F)F)cc1-c1ccc([C@H]2CNCC[C@@H]2c2ccc(F)c(F)c2)c(Cl)c1. The van der Waals surface area contributed by atoms with Gasteiger partial charge in [-0.1, -0.05) is 35.9 Å². The highest BCUT2D eigenvalue weighted by atomic mass is 35.5. The summed E-state index contributed by atoms with van der Waals surface area (Å²) < 4.78 is 67.9. The molecule has 1 aliphatic heterocycles. The molecule has 4 rings (SSSR count). The summed E-state index contributed by atoms with van der Waals surface area (Å²) >= 11 is 6.71. The molecule has 0 radical (unpaired) electrons. The third-order valence-electron chi connectivity index (χ3n) is 6.77. The van der Waals surface area contributed by atoms with Crippen molar-refractivity contribution in [2.45, 2.75) is 37.8 Å². The van der Waals surface area contributed by atoms with Gasteiger partial charge in [-0.05, 0) is 83.5 Å².